The van der Waals surface area contributed by atoms with Crippen LogP contribution in [0.5, 0.6) is 0 Å². The highest BCUT2D eigenvalue weighted by molar-refractivity contribution is 7.13. The number of nitrogens with zero attached hydrogens (tertiary/aromatic N) is 5. The van der Waals surface area contributed by atoms with E-state index in [0.717, 1.165) is 61.8 Å². The summed E-state index contributed by atoms with van der Waals surface area (Å²) in [7, 11) is 0. The number of aliphatic hydroxyl groups excluding tert-OH is 1. The first kappa shape index (κ1) is 30.9. The van der Waals surface area contributed by atoms with E-state index in [9.17, 15) is 18.4 Å². The van der Waals surface area contributed by atoms with Crippen molar-refractivity contribution in [2.24, 2.45) is 10.7 Å². The van der Waals surface area contributed by atoms with Gasteiger partial charge < -0.3 is 20.9 Å². The van der Waals surface area contributed by atoms with Crippen LogP contribution in [0, 0.1) is 11.8 Å². The molecule has 0 bridgehead atoms. The molecule has 11 nitrogen and oxygen atoms in total. The van der Waals surface area contributed by atoms with Gasteiger partial charge in [0.15, 0.2) is 5.82 Å². The Morgan fingerprint density at radius 3 is 2.67 bits per heavy atom. The van der Waals surface area contributed by atoms with Crippen molar-refractivity contribution in [1.29, 1.82) is 0 Å². The molecule has 0 spiro atoms. The maximum Gasteiger partial charge on any atom is 0.435 e. The molecular weight excluding hydrogens is 568 g/mol. The number of carbonyl (C=O) groups is 2. The molecule has 0 atom stereocenters. The van der Waals surface area contributed by atoms with Crippen LogP contribution in [0.25, 0.3) is 16.3 Å². The van der Waals surface area contributed by atoms with Crippen LogP contribution in [0.3, 0.4) is 0 Å². The average Bonchev–Trinajstić information content (AvgIpc) is 3.36. The number of thiazole rings is 1. The monoisotopic (exact) mass is 601 g/mol. The van der Waals surface area contributed by atoms with Crippen LogP contribution in [0.2, 0.25) is 0 Å². The Labute approximate surface area is 245 Å². The van der Waals surface area contributed by atoms with E-state index < -0.39 is 35.1 Å². The number of nitrogens with one attached hydrogen (secondary N) is 1. The molecule has 14 heteroatoms. The molecule has 2 fully saturated rings. The third kappa shape index (κ3) is 8.03. The summed E-state index contributed by atoms with van der Waals surface area (Å²) >= 11 is 1.17. The van der Waals surface area contributed by atoms with E-state index in [1.165, 1.54) is 35.3 Å². The molecule has 1 amide bonds. The van der Waals surface area contributed by atoms with Crippen LogP contribution in [0.4, 0.5) is 13.6 Å². The lowest BCUT2D eigenvalue weighted by atomic mass is 9.96. The van der Waals surface area contributed by atoms with Gasteiger partial charge in [0, 0.05) is 30.0 Å². The van der Waals surface area contributed by atoms with Gasteiger partial charge in [0.1, 0.15) is 22.0 Å². The van der Waals surface area contributed by atoms with Gasteiger partial charge in [0.2, 0.25) is 5.95 Å². The number of aliphatic imine (C=N–C) groups is 1. The summed E-state index contributed by atoms with van der Waals surface area (Å²) in [5.41, 5.74) is 5.59. The van der Waals surface area contributed by atoms with Crippen molar-refractivity contribution in [3.63, 3.8) is 0 Å². The Hall–Kier alpha value is -4.04. The van der Waals surface area contributed by atoms with Crippen molar-refractivity contribution in [2.45, 2.75) is 70.4 Å². The number of pyridine rings is 1. The van der Waals surface area contributed by atoms with Gasteiger partial charge in [-0.1, -0.05) is 19.3 Å². The lowest BCUT2D eigenvalue weighted by molar-refractivity contribution is 0.0917. The van der Waals surface area contributed by atoms with Crippen molar-refractivity contribution in [3.05, 3.63) is 58.8 Å². The third-order valence-corrected chi connectivity index (χ3v) is 7.53. The summed E-state index contributed by atoms with van der Waals surface area (Å²) in [5, 5.41) is 16.2. The Kier molecular flexibility index (Phi) is 10.1. The predicted molar refractivity (Wildman–Crippen MR) is 154 cm³/mol. The van der Waals surface area contributed by atoms with Crippen LogP contribution in [0.15, 0.2) is 40.6 Å². The number of hydrogen-bond acceptors (Lipinski definition) is 10. The fourth-order valence-corrected chi connectivity index (χ4v) is 4.86. The Bertz CT molecular complexity index is 1480. The minimum atomic E-state index is -0.913. The minimum Gasteiger partial charge on any atom is -0.442 e. The molecule has 4 N–H and O–H groups in total. The highest BCUT2D eigenvalue weighted by atomic mass is 32.1. The Morgan fingerprint density at radius 1 is 1.26 bits per heavy atom. The van der Waals surface area contributed by atoms with Crippen molar-refractivity contribution in [3.8, 4) is 10.6 Å². The molecule has 5 rings (SSSR count). The van der Waals surface area contributed by atoms with Gasteiger partial charge in [-0.15, -0.1) is 11.3 Å². The molecule has 3 aromatic rings. The van der Waals surface area contributed by atoms with E-state index >= 15 is 0 Å². The molecule has 3 heterocycles. The van der Waals surface area contributed by atoms with Crippen LogP contribution < -0.4 is 11.1 Å². The summed E-state index contributed by atoms with van der Waals surface area (Å²) in [5.74, 6) is -2.38. The van der Waals surface area contributed by atoms with Gasteiger partial charge >= 0.3 is 6.09 Å². The number of hydrogen-bond donors (Lipinski definition) is 3. The van der Waals surface area contributed by atoms with Crippen LogP contribution in [-0.4, -0.2) is 61.3 Å². The van der Waals surface area contributed by atoms with Crippen molar-refractivity contribution in [1.82, 2.24) is 25.1 Å². The zero-order chi connectivity index (χ0) is 30.3. The minimum absolute atomic E-state index is 0.0127. The number of carbonyl (C=O) groups excluding carboxylic acids is 2. The molecule has 0 aromatic carbocycles. The molecule has 2 aliphatic rings. The predicted octanol–water partition coefficient (Wildman–Crippen LogP) is 4.68. The van der Waals surface area contributed by atoms with Gasteiger partial charge in [0.25, 0.3) is 5.91 Å². The van der Waals surface area contributed by atoms with Gasteiger partial charge in [-0.2, -0.15) is 14.2 Å². The Morgan fingerprint density at radius 2 is 1.98 bits per heavy atom. The molecule has 224 valence electrons. The highest BCUT2D eigenvalue weighted by Gasteiger charge is 2.42. The summed E-state index contributed by atoms with van der Waals surface area (Å²) in [6.07, 6.45) is 10.3. The van der Waals surface area contributed by atoms with Gasteiger partial charge in [0.05, 0.1) is 23.6 Å². The molecule has 0 saturated heterocycles. The first-order valence-electron chi connectivity index (χ1n) is 13.6. The van der Waals surface area contributed by atoms with Crippen LogP contribution in [-0.2, 0) is 4.74 Å². The number of allylic oxidation sites excluding steroid dienone is 1. The van der Waals surface area contributed by atoms with Crippen LogP contribution >= 0.6 is 11.3 Å². The topological polar surface area (TPSA) is 158 Å². The molecule has 0 aliphatic heterocycles. The number of halogens is 2. The third-order valence-electron chi connectivity index (χ3n) is 6.64. The lowest BCUT2D eigenvalue weighted by Gasteiger charge is -2.18. The second-order valence-corrected chi connectivity index (χ2v) is 11.0. The van der Waals surface area contributed by atoms with E-state index in [4.69, 9.17) is 15.6 Å². The molecule has 3 aromatic heterocycles. The second-order valence-electron chi connectivity index (χ2n) is 10.2. The van der Waals surface area contributed by atoms with Gasteiger partial charge in [-0.25, -0.2) is 19.2 Å². The van der Waals surface area contributed by atoms with Crippen LogP contribution in [0.1, 0.15) is 75.0 Å². The maximum atomic E-state index is 14.4. The number of aliphatic hydroxyl groups is 1. The smallest absolute Gasteiger partial charge is 0.435 e. The SMILES string of the molecule is CC1(OC(=O)n2cc(-c3nc(C(=O)N/C(C=NC4CCCCC4)=C(/N)c4nc(F)ccc4F)cs3)cn2)CC1.CCO. The summed E-state index contributed by atoms with van der Waals surface area (Å²) < 4.78 is 34.7. The van der Waals surface area contributed by atoms with E-state index in [-0.39, 0.29) is 29.7 Å². The Balaban J connectivity index is 0.00000129. The number of ether oxygens (including phenoxy) is 1. The second kappa shape index (κ2) is 13.7. The summed E-state index contributed by atoms with van der Waals surface area (Å²) in [6, 6.07) is 1.83. The number of amides is 1. The van der Waals surface area contributed by atoms with Crippen molar-refractivity contribution in [2.75, 3.05) is 6.61 Å². The standard InChI is InChI=1S/C26H27F2N7O3S.C2H6O/c1-26(9-10-26)38-25(37)35-13-15(11-31-35)24-33-19(14-39-24)23(36)32-18(12-30-16-5-3-2-4-6-16)21(29)22-17(27)7-8-20(28)34-22;1-2-3/h7-8,11-14,16H,2-6,9-10,29H2,1H3,(H,32,36);3H,2H2,1H3/b21-18+,30-12?;. The molecule has 0 radical (unpaired) electrons. The average molecular weight is 602 g/mol. The fourth-order valence-electron chi connectivity index (χ4n) is 4.08. The first-order chi connectivity index (χ1) is 20.1. The highest BCUT2D eigenvalue weighted by Crippen LogP contribution is 2.39. The fraction of sp³-hybridized carbons (Fsp3) is 0.429. The zero-order valence-electron chi connectivity index (χ0n) is 23.3. The lowest BCUT2D eigenvalue weighted by Crippen LogP contribution is -2.27. The van der Waals surface area contributed by atoms with E-state index in [1.807, 2.05) is 6.92 Å². The number of aromatic nitrogens is 4. The number of rotatable bonds is 7. The number of nitrogens with two attached hydrogens (primary N) is 1. The summed E-state index contributed by atoms with van der Waals surface area (Å²) in [6.45, 7) is 3.79. The molecule has 0 unspecified atom stereocenters. The van der Waals surface area contributed by atoms with E-state index in [2.05, 4.69) is 25.4 Å². The van der Waals surface area contributed by atoms with Crippen molar-refractivity contribution >= 4 is 35.2 Å². The quantitative estimate of drug-likeness (QED) is 0.260. The van der Waals surface area contributed by atoms with E-state index in [1.54, 1.807) is 6.92 Å². The van der Waals surface area contributed by atoms with E-state index in [0.29, 0.717) is 10.6 Å². The maximum absolute atomic E-state index is 14.4. The normalized spacial score (nSPS) is 16.8. The first-order valence-corrected chi connectivity index (χ1v) is 14.5. The molecule has 2 aliphatic carbocycles. The van der Waals surface area contributed by atoms with Gasteiger partial charge in [-0.3, -0.25) is 9.79 Å². The zero-order valence-corrected chi connectivity index (χ0v) is 24.2. The molecular formula is C28H33F2N7O4S. The molecule has 2 saturated carbocycles. The largest absolute Gasteiger partial charge is 0.442 e. The van der Waals surface area contributed by atoms with Crippen molar-refractivity contribution < 1.29 is 28.2 Å². The summed E-state index contributed by atoms with van der Waals surface area (Å²) in [4.78, 5) is 37.9. The van der Waals surface area contributed by atoms with Gasteiger partial charge in [-0.05, 0) is 51.7 Å². The molecule has 42 heavy (non-hydrogen) atoms.